The molecule has 0 fully saturated rings. The molecule has 1 aromatic rings. The van der Waals surface area contributed by atoms with Crippen molar-refractivity contribution in [1.29, 1.82) is 0 Å². The summed E-state index contributed by atoms with van der Waals surface area (Å²) in [6.07, 6.45) is 1.41. The number of hydrogen-bond acceptors (Lipinski definition) is 7. The zero-order valence-corrected chi connectivity index (χ0v) is 14.1. The van der Waals surface area contributed by atoms with Crippen LogP contribution in [0, 0.1) is 13.8 Å². The second-order valence-corrected chi connectivity index (χ2v) is 5.34. The van der Waals surface area contributed by atoms with E-state index in [2.05, 4.69) is 15.8 Å². The van der Waals surface area contributed by atoms with Gasteiger partial charge in [-0.15, -0.1) is 0 Å². The van der Waals surface area contributed by atoms with Crippen LogP contribution < -0.4 is 10.9 Å². The van der Waals surface area contributed by atoms with Crippen LogP contribution >= 0.6 is 0 Å². The van der Waals surface area contributed by atoms with Crippen molar-refractivity contribution in [3.05, 3.63) is 34.3 Å². The first-order valence-corrected chi connectivity index (χ1v) is 7.66. The Kier molecular flexibility index (Phi) is 5.58. The second-order valence-electron chi connectivity index (χ2n) is 5.34. The van der Waals surface area contributed by atoms with Gasteiger partial charge in [-0.3, -0.25) is 20.4 Å². The number of esters is 2. The Morgan fingerprint density at radius 1 is 1.12 bits per heavy atom. The maximum Gasteiger partial charge on any atom is 0.356 e. The molecular weight excluding hydrogens is 330 g/mol. The highest BCUT2D eigenvalue weighted by atomic mass is 16.5. The highest BCUT2D eigenvalue weighted by molar-refractivity contribution is 6.03. The number of carbonyl (C=O) groups is 4. The third-order valence-corrected chi connectivity index (χ3v) is 3.58. The van der Waals surface area contributed by atoms with Crippen molar-refractivity contribution in [2.75, 3.05) is 13.2 Å². The van der Waals surface area contributed by atoms with Crippen LogP contribution in [0.4, 0.5) is 0 Å². The molecule has 0 spiro atoms. The summed E-state index contributed by atoms with van der Waals surface area (Å²) in [6.45, 7) is 4.68. The minimum absolute atomic E-state index is 0.0449. The van der Waals surface area contributed by atoms with E-state index in [4.69, 9.17) is 9.47 Å². The van der Waals surface area contributed by atoms with Gasteiger partial charge >= 0.3 is 11.9 Å². The number of aromatic nitrogens is 1. The predicted octanol–water partition coefficient (Wildman–Crippen LogP) is 0.443. The average molecular weight is 349 g/mol. The van der Waals surface area contributed by atoms with Gasteiger partial charge in [0.2, 0.25) is 11.7 Å². The lowest BCUT2D eigenvalue weighted by molar-refractivity contribution is -0.138. The van der Waals surface area contributed by atoms with Gasteiger partial charge in [0.05, 0.1) is 17.9 Å². The van der Waals surface area contributed by atoms with Crippen molar-refractivity contribution in [3.63, 3.8) is 0 Å². The van der Waals surface area contributed by atoms with E-state index >= 15 is 0 Å². The van der Waals surface area contributed by atoms with Crippen LogP contribution in [0.25, 0.3) is 0 Å². The van der Waals surface area contributed by atoms with Crippen molar-refractivity contribution >= 4 is 23.6 Å². The monoisotopic (exact) mass is 349 g/mol. The Bertz CT molecular complexity index is 762. The Labute approximate surface area is 143 Å². The molecule has 0 saturated heterocycles. The molecule has 1 aromatic heterocycles. The van der Waals surface area contributed by atoms with Gasteiger partial charge in [0.1, 0.15) is 5.70 Å². The van der Waals surface area contributed by atoms with E-state index in [-0.39, 0.29) is 30.3 Å². The van der Waals surface area contributed by atoms with Gasteiger partial charge < -0.3 is 14.5 Å². The lowest BCUT2D eigenvalue weighted by atomic mass is 10.1. The number of nitrogens with one attached hydrogen (secondary N) is 3. The zero-order chi connectivity index (χ0) is 18.6. The van der Waals surface area contributed by atoms with Crippen LogP contribution in [-0.4, -0.2) is 41.8 Å². The second kappa shape index (κ2) is 7.65. The molecular formula is C16H19N3O6. The summed E-state index contributed by atoms with van der Waals surface area (Å²) in [7, 11) is 0. The number of ketones is 1. The van der Waals surface area contributed by atoms with E-state index in [1.54, 1.807) is 20.8 Å². The standard InChI is InChI=1S/C16H19N3O6/c1-4-24-16(23)13-8(2)14(17-9(13)3)11(20)7-25-15(22)10-5-6-12(21)19-18-10/h5,17-18H,4,6-7H2,1-3H3,(H,19,21). The maximum absolute atomic E-state index is 12.3. The fourth-order valence-corrected chi connectivity index (χ4v) is 2.39. The summed E-state index contributed by atoms with van der Waals surface area (Å²) < 4.78 is 9.90. The number of ether oxygens (including phenoxy) is 2. The number of hydrazine groups is 1. The van der Waals surface area contributed by atoms with E-state index in [1.807, 2.05) is 0 Å². The summed E-state index contributed by atoms with van der Waals surface area (Å²) in [5.41, 5.74) is 6.16. The summed E-state index contributed by atoms with van der Waals surface area (Å²) in [6, 6.07) is 0. The lowest BCUT2D eigenvalue weighted by Crippen LogP contribution is -2.42. The molecule has 0 saturated carbocycles. The first-order chi connectivity index (χ1) is 11.8. The van der Waals surface area contributed by atoms with Crippen LogP contribution in [0.3, 0.4) is 0 Å². The Balaban J connectivity index is 2.04. The molecule has 0 atom stereocenters. The molecule has 134 valence electrons. The quantitative estimate of drug-likeness (QED) is 0.502. The summed E-state index contributed by atoms with van der Waals surface area (Å²) in [5.74, 6) is -2.04. The molecule has 0 aromatic carbocycles. The van der Waals surface area contributed by atoms with Gasteiger partial charge in [-0.1, -0.05) is 0 Å². The molecule has 2 rings (SSSR count). The molecule has 0 radical (unpaired) electrons. The fraction of sp³-hybridized carbons (Fsp3) is 0.375. The number of rotatable bonds is 6. The van der Waals surface area contributed by atoms with Gasteiger partial charge in [-0.05, 0) is 32.4 Å². The van der Waals surface area contributed by atoms with E-state index in [0.717, 1.165) is 0 Å². The molecule has 1 aliphatic heterocycles. The molecule has 9 nitrogen and oxygen atoms in total. The van der Waals surface area contributed by atoms with Crippen molar-refractivity contribution in [1.82, 2.24) is 15.8 Å². The number of Topliss-reactive ketones (excluding diaryl/α,β-unsaturated/α-hetero) is 1. The van der Waals surface area contributed by atoms with Gasteiger partial charge in [0.25, 0.3) is 0 Å². The Morgan fingerprint density at radius 3 is 2.44 bits per heavy atom. The molecule has 0 bridgehead atoms. The SMILES string of the molecule is CCOC(=O)c1c(C)[nH]c(C(=O)COC(=O)C2=CCC(=O)NN2)c1C. The average Bonchev–Trinajstić information content (AvgIpc) is 2.88. The number of H-pyrrole nitrogens is 1. The van der Waals surface area contributed by atoms with Gasteiger partial charge in [0.15, 0.2) is 6.61 Å². The van der Waals surface area contributed by atoms with Crippen LogP contribution in [0.5, 0.6) is 0 Å². The Hall–Kier alpha value is -3.10. The summed E-state index contributed by atoms with van der Waals surface area (Å²) >= 11 is 0. The van der Waals surface area contributed by atoms with Gasteiger partial charge in [0, 0.05) is 12.1 Å². The number of hydrogen-bond donors (Lipinski definition) is 3. The van der Waals surface area contributed by atoms with E-state index in [0.29, 0.717) is 16.8 Å². The topological polar surface area (TPSA) is 127 Å². The number of aryl methyl sites for hydroxylation is 1. The Morgan fingerprint density at radius 2 is 1.84 bits per heavy atom. The highest BCUT2D eigenvalue weighted by Crippen LogP contribution is 2.19. The highest BCUT2D eigenvalue weighted by Gasteiger charge is 2.24. The molecule has 3 N–H and O–H groups in total. The molecule has 1 amide bonds. The van der Waals surface area contributed by atoms with Crippen LogP contribution in [0.2, 0.25) is 0 Å². The van der Waals surface area contributed by atoms with Crippen molar-refractivity contribution in [3.8, 4) is 0 Å². The van der Waals surface area contributed by atoms with E-state index in [1.165, 1.54) is 6.08 Å². The minimum Gasteiger partial charge on any atom is -0.462 e. The van der Waals surface area contributed by atoms with Gasteiger partial charge in [-0.2, -0.15) is 0 Å². The van der Waals surface area contributed by atoms with Crippen molar-refractivity contribution in [2.45, 2.75) is 27.2 Å². The molecule has 1 aliphatic rings. The van der Waals surface area contributed by atoms with E-state index in [9.17, 15) is 19.2 Å². The first-order valence-electron chi connectivity index (χ1n) is 7.66. The number of carbonyl (C=O) groups excluding carboxylic acids is 4. The summed E-state index contributed by atoms with van der Waals surface area (Å²) in [5, 5.41) is 0. The van der Waals surface area contributed by atoms with Crippen LogP contribution in [0.1, 0.15) is 45.4 Å². The van der Waals surface area contributed by atoms with Crippen molar-refractivity contribution in [2.24, 2.45) is 0 Å². The molecule has 0 unspecified atom stereocenters. The number of aromatic amines is 1. The lowest BCUT2D eigenvalue weighted by Gasteiger charge is -2.15. The predicted molar refractivity (Wildman–Crippen MR) is 85.5 cm³/mol. The molecule has 0 aliphatic carbocycles. The number of amides is 1. The smallest absolute Gasteiger partial charge is 0.356 e. The van der Waals surface area contributed by atoms with Gasteiger partial charge in [-0.25, -0.2) is 9.59 Å². The van der Waals surface area contributed by atoms with E-state index < -0.39 is 24.3 Å². The zero-order valence-electron chi connectivity index (χ0n) is 14.1. The molecule has 25 heavy (non-hydrogen) atoms. The first kappa shape index (κ1) is 18.2. The molecule has 9 heteroatoms. The third kappa shape index (κ3) is 4.06. The third-order valence-electron chi connectivity index (χ3n) is 3.58. The van der Waals surface area contributed by atoms with Crippen LogP contribution in [-0.2, 0) is 19.1 Å². The maximum atomic E-state index is 12.3. The normalized spacial score (nSPS) is 13.4. The summed E-state index contributed by atoms with van der Waals surface area (Å²) in [4.78, 5) is 49.9. The minimum atomic E-state index is -0.764. The van der Waals surface area contributed by atoms with Crippen molar-refractivity contribution < 1.29 is 28.7 Å². The fourth-order valence-electron chi connectivity index (χ4n) is 2.39. The largest absolute Gasteiger partial charge is 0.462 e. The van der Waals surface area contributed by atoms with Crippen LogP contribution in [0.15, 0.2) is 11.8 Å². The molecule has 2 heterocycles.